The zero-order valence-electron chi connectivity index (χ0n) is 11.6. The van der Waals surface area contributed by atoms with Gasteiger partial charge in [0.2, 0.25) is 0 Å². The highest BCUT2D eigenvalue weighted by atomic mass is 35.5. The molecule has 0 fully saturated rings. The van der Waals surface area contributed by atoms with E-state index in [0.717, 1.165) is 11.1 Å². The van der Waals surface area contributed by atoms with Crippen LogP contribution in [0.4, 0.5) is 0 Å². The van der Waals surface area contributed by atoms with E-state index in [1.807, 2.05) is 25.1 Å². The lowest BCUT2D eigenvalue weighted by Crippen LogP contribution is -1.97. The van der Waals surface area contributed by atoms with Crippen LogP contribution in [0.15, 0.2) is 42.6 Å². The van der Waals surface area contributed by atoms with E-state index in [2.05, 4.69) is 4.98 Å². The topological polar surface area (TPSA) is 50.2 Å². The Labute approximate surface area is 137 Å². The van der Waals surface area contributed by atoms with Crippen molar-refractivity contribution in [1.29, 1.82) is 0 Å². The zero-order valence-corrected chi connectivity index (χ0v) is 13.1. The molecule has 0 saturated carbocycles. The molecule has 22 heavy (non-hydrogen) atoms. The van der Waals surface area contributed by atoms with Gasteiger partial charge in [0.15, 0.2) is 0 Å². The number of aromatic nitrogens is 1. The average Bonchev–Trinajstić information content (AvgIpc) is 2.47. The van der Waals surface area contributed by atoms with Gasteiger partial charge in [0.1, 0.15) is 0 Å². The molecule has 3 aromatic rings. The standard InChI is InChI=1S/C17H11Cl2NO2/c1-9-2-4-11(13(18)6-9)16-12-7-10(17(21)22)3-5-15(12)20-8-14(16)19/h2-8H,1H3,(H,21,22). The normalized spacial score (nSPS) is 10.9. The molecule has 3 rings (SSSR count). The highest BCUT2D eigenvalue weighted by molar-refractivity contribution is 6.38. The lowest BCUT2D eigenvalue weighted by Gasteiger charge is -2.11. The minimum atomic E-state index is -0.997. The summed E-state index contributed by atoms with van der Waals surface area (Å²) in [5.74, 6) is -0.997. The fraction of sp³-hybridized carbons (Fsp3) is 0.0588. The van der Waals surface area contributed by atoms with Gasteiger partial charge in [0, 0.05) is 27.7 Å². The Morgan fingerprint density at radius 3 is 2.55 bits per heavy atom. The lowest BCUT2D eigenvalue weighted by molar-refractivity contribution is 0.0697. The van der Waals surface area contributed by atoms with Crippen molar-refractivity contribution in [3.05, 3.63) is 63.8 Å². The first kappa shape index (κ1) is 14.8. The maximum absolute atomic E-state index is 11.2. The number of benzene rings is 2. The van der Waals surface area contributed by atoms with Crippen LogP contribution < -0.4 is 0 Å². The van der Waals surface area contributed by atoms with E-state index >= 15 is 0 Å². The monoisotopic (exact) mass is 331 g/mol. The smallest absolute Gasteiger partial charge is 0.335 e. The summed E-state index contributed by atoms with van der Waals surface area (Å²) in [5.41, 5.74) is 3.34. The predicted octanol–water partition coefficient (Wildman–Crippen LogP) is 5.22. The lowest BCUT2D eigenvalue weighted by atomic mass is 9.99. The number of fused-ring (bicyclic) bond motifs is 1. The van der Waals surface area contributed by atoms with Crippen molar-refractivity contribution in [3.63, 3.8) is 0 Å². The molecular formula is C17H11Cl2NO2. The minimum absolute atomic E-state index is 0.182. The fourth-order valence-corrected chi connectivity index (χ4v) is 2.98. The molecule has 0 spiro atoms. The van der Waals surface area contributed by atoms with Crippen molar-refractivity contribution in [3.8, 4) is 11.1 Å². The van der Waals surface area contributed by atoms with Crippen molar-refractivity contribution in [2.24, 2.45) is 0 Å². The third-order valence-electron chi connectivity index (χ3n) is 3.46. The predicted molar refractivity (Wildman–Crippen MR) is 88.9 cm³/mol. The third-order valence-corrected chi connectivity index (χ3v) is 4.06. The van der Waals surface area contributed by atoms with Gasteiger partial charge in [-0.3, -0.25) is 4.98 Å². The summed E-state index contributed by atoms with van der Waals surface area (Å²) in [6.45, 7) is 1.95. The summed E-state index contributed by atoms with van der Waals surface area (Å²) in [4.78, 5) is 15.5. The second-order valence-electron chi connectivity index (χ2n) is 5.00. The quantitative estimate of drug-likeness (QED) is 0.700. The molecule has 0 saturated heterocycles. The van der Waals surface area contributed by atoms with Crippen LogP contribution in [-0.2, 0) is 0 Å². The van der Waals surface area contributed by atoms with Crippen molar-refractivity contribution in [1.82, 2.24) is 4.98 Å². The molecule has 1 aromatic heterocycles. The van der Waals surface area contributed by atoms with E-state index in [0.29, 0.717) is 26.5 Å². The number of nitrogens with zero attached hydrogens (tertiary/aromatic N) is 1. The van der Waals surface area contributed by atoms with Gasteiger partial charge < -0.3 is 5.11 Å². The second kappa shape index (κ2) is 5.59. The molecule has 0 aliphatic rings. The summed E-state index contributed by atoms with van der Waals surface area (Å²) in [6, 6.07) is 10.4. The molecule has 0 aliphatic heterocycles. The molecule has 0 unspecified atom stereocenters. The van der Waals surface area contributed by atoms with E-state index < -0.39 is 5.97 Å². The first-order valence-corrected chi connectivity index (χ1v) is 7.31. The van der Waals surface area contributed by atoms with Gasteiger partial charge in [0.05, 0.1) is 16.1 Å². The minimum Gasteiger partial charge on any atom is -0.478 e. The number of aryl methyl sites for hydroxylation is 1. The van der Waals surface area contributed by atoms with Crippen LogP contribution in [0.5, 0.6) is 0 Å². The SMILES string of the molecule is Cc1ccc(-c2c(Cl)cnc3ccc(C(=O)O)cc23)c(Cl)c1. The number of carbonyl (C=O) groups is 1. The Hall–Kier alpha value is -2.10. The van der Waals surface area contributed by atoms with Crippen molar-refractivity contribution in [2.45, 2.75) is 6.92 Å². The molecule has 5 heteroatoms. The van der Waals surface area contributed by atoms with Gasteiger partial charge in [-0.25, -0.2) is 4.79 Å². The molecular weight excluding hydrogens is 321 g/mol. The number of halogens is 2. The summed E-state index contributed by atoms with van der Waals surface area (Å²) >= 11 is 12.7. The van der Waals surface area contributed by atoms with Gasteiger partial charge in [-0.1, -0.05) is 35.3 Å². The molecule has 0 bridgehead atoms. The van der Waals surface area contributed by atoms with Crippen LogP contribution in [0.25, 0.3) is 22.0 Å². The number of carboxylic acid groups (broad SMARTS) is 1. The van der Waals surface area contributed by atoms with Crippen LogP contribution >= 0.6 is 23.2 Å². The van der Waals surface area contributed by atoms with E-state index in [1.54, 1.807) is 18.3 Å². The maximum atomic E-state index is 11.2. The van der Waals surface area contributed by atoms with E-state index in [9.17, 15) is 9.90 Å². The third kappa shape index (κ3) is 2.54. The number of hydrogen-bond donors (Lipinski definition) is 1. The molecule has 2 aromatic carbocycles. The summed E-state index contributed by atoms with van der Waals surface area (Å²) in [6.07, 6.45) is 1.55. The first-order chi connectivity index (χ1) is 10.5. The van der Waals surface area contributed by atoms with E-state index in [-0.39, 0.29) is 5.56 Å². The fourth-order valence-electron chi connectivity index (χ4n) is 2.40. The van der Waals surface area contributed by atoms with Crippen LogP contribution in [0, 0.1) is 6.92 Å². The van der Waals surface area contributed by atoms with Gasteiger partial charge in [0.25, 0.3) is 0 Å². The van der Waals surface area contributed by atoms with Gasteiger partial charge in [-0.05, 0) is 36.8 Å². The van der Waals surface area contributed by atoms with Gasteiger partial charge in [-0.2, -0.15) is 0 Å². The van der Waals surface area contributed by atoms with Crippen LogP contribution in [-0.4, -0.2) is 16.1 Å². The van der Waals surface area contributed by atoms with Crippen LogP contribution in [0.1, 0.15) is 15.9 Å². The number of carboxylic acids is 1. The van der Waals surface area contributed by atoms with Crippen LogP contribution in [0.2, 0.25) is 10.0 Å². The Bertz CT molecular complexity index is 907. The number of pyridine rings is 1. The van der Waals surface area contributed by atoms with Crippen molar-refractivity contribution < 1.29 is 9.90 Å². The molecule has 1 N–H and O–H groups in total. The zero-order chi connectivity index (χ0) is 15.9. The van der Waals surface area contributed by atoms with Crippen molar-refractivity contribution in [2.75, 3.05) is 0 Å². The maximum Gasteiger partial charge on any atom is 0.335 e. The molecule has 0 amide bonds. The summed E-state index contributed by atoms with van der Waals surface area (Å²) in [5, 5.41) is 10.8. The molecule has 0 aliphatic carbocycles. The summed E-state index contributed by atoms with van der Waals surface area (Å²) in [7, 11) is 0. The van der Waals surface area contributed by atoms with E-state index in [4.69, 9.17) is 23.2 Å². The molecule has 110 valence electrons. The Morgan fingerprint density at radius 1 is 1.09 bits per heavy atom. The molecule has 0 radical (unpaired) electrons. The number of aromatic carboxylic acids is 1. The highest BCUT2D eigenvalue weighted by Gasteiger charge is 2.15. The summed E-state index contributed by atoms with van der Waals surface area (Å²) < 4.78 is 0. The number of hydrogen-bond acceptors (Lipinski definition) is 2. The first-order valence-electron chi connectivity index (χ1n) is 6.55. The van der Waals surface area contributed by atoms with Gasteiger partial charge >= 0.3 is 5.97 Å². The van der Waals surface area contributed by atoms with Crippen molar-refractivity contribution >= 4 is 40.1 Å². The molecule has 0 atom stereocenters. The Morgan fingerprint density at radius 2 is 1.86 bits per heavy atom. The average molecular weight is 332 g/mol. The van der Waals surface area contributed by atoms with E-state index in [1.165, 1.54) is 6.07 Å². The van der Waals surface area contributed by atoms with Crippen LogP contribution in [0.3, 0.4) is 0 Å². The second-order valence-corrected chi connectivity index (χ2v) is 5.82. The highest BCUT2D eigenvalue weighted by Crippen LogP contribution is 2.38. The Balaban J connectivity index is 2.38. The Kier molecular flexibility index (Phi) is 3.77. The number of rotatable bonds is 2. The molecule has 3 nitrogen and oxygen atoms in total. The molecule has 1 heterocycles. The van der Waals surface area contributed by atoms with Gasteiger partial charge in [-0.15, -0.1) is 0 Å². The largest absolute Gasteiger partial charge is 0.478 e.